The number of phenolic OH excluding ortho intramolecular Hbond substituents is 1. The summed E-state index contributed by atoms with van der Waals surface area (Å²) in [6, 6.07) is 5.68. The van der Waals surface area contributed by atoms with Gasteiger partial charge in [-0.05, 0) is 18.2 Å². The number of aromatic hydroxyl groups is 1. The Morgan fingerprint density at radius 1 is 1.44 bits per heavy atom. The summed E-state index contributed by atoms with van der Waals surface area (Å²) < 4.78 is 4.56. The molecule has 1 aromatic heterocycles. The van der Waals surface area contributed by atoms with Crippen molar-refractivity contribution in [3.05, 3.63) is 41.1 Å². The molecule has 2 aromatic rings. The smallest absolute Gasteiger partial charge is 0.256 e. The lowest BCUT2D eigenvalue weighted by Crippen LogP contribution is -2.11. The van der Waals surface area contributed by atoms with Gasteiger partial charge in [0.25, 0.3) is 5.91 Å². The van der Waals surface area contributed by atoms with Crippen LogP contribution in [0.3, 0.4) is 0 Å². The van der Waals surface area contributed by atoms with E-state index >= 15 is 0 Å². The van der Waals surface area contributed by atoms with Crippen molar-refractivity contribution in [1.29, 1.82) is 0 Å². The summed E-state index contributed by atoms with van der Waals surface area (Å²) in [6.45, 7) is 0. The van der Waals surface area contributed by atoms with Crippen LogP contribution < -0.4 is 5.32 Å². The fraction of sp³-hybridized carbons (Fsp3) is 0. The Labute approximate surface area is 95.6 Å². The predicted molar refractivity (Wildman–Crippen MR) is 57.6 cm³/mol. The first-order valence-corrected chi connectivity index (χ1v) is 4.75. The summed E-state index contributed by atoms with van der Waals surface area (Å²) in [5, 5.41) is 15.3. The maximum absolute atomic E-state index is 11.6. The van der Waals surface area contributed by atoms with Crippen LogP contribution in [0.4, 0.5) is 5.82 Å². The van der Waals surface area contributed by atoms with Crippen LogP contribution in [0.5, 0.6) is 5.75 Å². The van der Waals surface area contributed by atoms with Gasteiger partial charge in [0.2, 0.25) is 0 Å². The van der Waals surface area contributed by atoms with Crippen LogP contribution in [0.2, 0.25) is 5.02 Å². The number of hydrogen-bond donors (Lipinski definition) is 2. The Morgan fingerprint density at radius 2 is 2.25 bits per heavy atom. The monoisotopic (exact) mass is 238 g/mol. The van der Waals surface area contributed by atoms with Gasteiger partial charge in [0.1, 0.15) is 12.0 Å². The Morgan fingerprint density at radius 3 is 2.88 bits per heavy atom. The number of phenols is 1. The summed E-state index contributed by atoms with van der Waals surface area (Å²) in [5.41, 5.74) is 0.325. The molecule has 0 saturated carbocycles. The van der Waals surface area contributed by atoms with Crippen LogP contribution in [-0.4, -0.2) is 16.2 Å². The topological polar surface area (TPSA) is 75.4 Å². The molecule has 0 bridgehead atoms. The molecule has 0 atom stereocenters. The molecular formula is C10H7ClN2O3. The fourth-order valence-electron chi connectivity index (χ4n) is 1.11. The lowest BCUT2D eigenvalue weighted by atomic mass is 10.2. The summed E-state index contributed by atoms with van der Waals surface area (Å²) in [6.07, 6.45) is 1.35. The van der Waals surface area contributed by atoms with E-state index in [2.05, 4.69) is 15.0 Å². The number of hydrogen-bond acceptors (Lipinski definition) is 4. The molecule has 0 fully saturated rings. The molecule has 0 unspecified atom stereocenters. The molecule has 0 radical (unpaired) electrons. The lowest BCUT2D eigenvalue weighted by molar-refractivity contribution is 0.102. The normalized spacial score (nSPS) is 10.1. The van der Waals surface area contributed by atoms with E-state index in [0.29, 0.717) is 11.4 Å². The number of benzene rings is 1. The number of aromatic nitrogens is 1. The van der Waals surface area contributed by atoms with Gasteiger partial charge in [-0.3, -0.25) is 4.79 Å². The van der Waals surface area contributed by atoms with Crippen molar-refractivity contribution in [3.63, 3.8) is 0 Å². The molecule has 2 rings (SSSR count). The minimum atomic E-state index is -0.379. The molecule has 16 heavy (non-hydrogen) atoms. The highest BCUT2D eigenvalue weighted by atomic mass is 35.5. The van der Waals surface area contributed by atoms with Crippen molar-refractivity contribution in [2.45, 2.75) is 0 Å². The van der Waals surface area contributed by atoms with E-state index < -0.39 is 0 Å². The Bertz CT molecular complexity index is 511. The second-order valence-corrected chi connectivity index (χ2v) is 3.41. The van der Waals surface area contributed by atoms with Crippen molar-refractivity contribution in [2.75, 3.05) is 5.32 Å². The van der Waals surface area contributed by atoms with Crippen molar-refractivity contribution in [2.24, 2.45) is 0 Å². The third-order valence-electron chi connectivity index (χ3n) is 1.89. The van der Waals surface area contributed by atoms with Gasteiger partial charge in [-0.25, -0.2) is 0 Å². The second-order valence-electron chi connectivity index (χ2n) is 3.01. The van der Waals surface area contributed by atoms with Gasteiger partial charge in [0, 0.05) is 11.6 Å². The van der Waals surface area contributed by atoms with E-state index in [0.717, 1.165) is 0 Å². The van der Waals surface area contributed by atoms with E-state index in [1.807, 2.05) is 0 Å². The minimum absolute atomic E-state index is 0.0698. The molecular weight excluding hydrogens is 232 g/mol. The molecule has 82 valence electrons. The highest BCUT2D eigenvalue weighted by Crippen LogP contribution is 2.23. The van der Waals surface area contributed by atoms with Crippen LogP contribution in [0, 0.1) is 0 Å². The average Bonchev–Trinajstić information content (AvgIpc) is 2.74. The van der Waals surface area contributed by atoms with Gasteiger partial charge in [-0.2, -0.15) is 0 Å². The molecule has 0 spiro atoms. The summed E-state index contributed by atoms with van der Waals surface area (Å²) in [7, 11) is 0. The lowest BCUT2D eigenvalue weighted by Gasteiger charge is -2.02. The number of nitrogens with one attached hydrogen (secondary N) is 1. The van der Waals surface area contributed by atoms with E-state index in [9.17, 15) is 9.90 Å². The zero-order chi connectivity index (χ0) is 11.5. The van der Waals surface area contributed by atoms with E-state index in [1.165, 1.54) is 30.5 Å². The highest BCUT2D eigenvalue weighted by molar-refractivity contribution is 6.32. The molecule has 0 saturated heterocycles. The number of nitrogens with zero attached hydrogens (tertiary/aromatic N) is 1. The van der Waals surface area contributed by atoms with Gasteiger partial charge < -0.3 is 14.9 Å². The van der Waals surface area contributed by atoms with E-state index in [1.54, 1.807) is 0 Å². The number of anilines is 1. The fourth-order valence-corrected chi connectivity index (χ4v) is 1.29. The molecule has 1 aromatic carbocycles. The molecule has 6 heteroatoms. The van der Waals surface area contributed by atoms with Gasteiger partial charge in [0.15, 0.2) is 5.82 Å². The van der Waals surface area contributed by atoms with Gasteiger partial charge >= 0.3 is 0 Å². The number of carbonyl (C=O) groups is 1. The Hall–Kier alpha value is -2.01. The number of carbonyl (C=O) groups excluding carboxylic acids is 1. The molecule has 0 aliphatic carbocycles. The predicted octanol–water partition coefficient (Wildman–Crippen LogP) is 2.29. The Kier molecular flexibility index (Phi) is 2.78. The molecule has 1 amide bonds. The number of rotatable bonds is 2. The van der Waals surface area contributed by atoms with Crippen molar-refractivity contribution < 1.29 is 14.4 Å². The van der Waals surface area contributed by atoms with Crippen LogP contribution >= 0.6 is 11.6 Å². The van der Waals surface area contributed by atoms with Crippen LogP contribution in [0.15, 0.2) is 35.1 Å². The third kappa shape index (κ3) is 2.14. The van der Waals surface area contributed by atoms with Crippen molar-refractivity contribution >= 4 is 23.3 Å². The first-order chi connectivity index (χ1) is 7.66. The quantitative estimate of drug-likeness (QED) is 0.842. The molecule has 5 nitrogen and oxygen atoms in total. The third-order valence-corrected chi connectivity index (χ3v) is 2.19. The highest BCUT2D eigenvalue weighted by Gasteiger charge is 2.09. The first kappa shape index (κ1) is 10.5. The van der Waals surface area contributed by atoms with Crippen LogP contribution in [0.25, 0.3) is 0 Å². The van der Waals surface area contributed by atoms with Gasteiger partial charge in [0.05, 0.1) is 5.02 Å². The molecule has 0 aliphatic heterocycles. The number of amides is 1. The SMILES string of the molecule is O=C(Nc1ccon1)c1ccc(O)c(Cl)c1. The van der Waals surface area contributed by atoms with Gasteiger partial charge in [-0.1, -0.05) is 16.8 Å². The zero-order valence-corrected chi connectivity index (χ0v) is 8.73. The summed E-state index contributed by atoms with van der Waals surface area (Å²) in [4.78, 5) is 11.6. The van der Waals surface area contributed by atoms with E-state index in [-0.39, 0.29) is 16.7 Å². The summed E-state index contributed by atoms with van der Waals surface area (Å²) >= 11 is 5.68. The maximum Gasteiger partial charge on any atom is 0.256 e. The molecule has 1 heterocycles. The van der Waals surface area contributed by atoms with Crippen molar-refractivity contribution in [1.82, 2.24) is 5.16 Å². The first-order valence-electron chi connectivity index (χ1n) is 4.37. The van der Waals surface area contributed by atoms with Crippen LogP contribution in [0.1, 0.15) is 10.4 Å². The number of halogens is 1. The van der Waals surface area contributed by atoms with Crippen LogP contribution in [-0.2, 0) is 0 Å². The van der Waals surface area contributed by atoms with Crippen molar-refractivity contribution in [3.8, 4) is 5.75 Å². The minimum Gasteiger partial charge on any atom is -0.506 e. The molecule has 2 N–H and O–H groups in total. The second kappa shape index (κ2) is 4.24. The maximum atomic E-state index is 11.6. The zero-order valence-electron chi connectivity index (χ0n) is 7.98. The molecule has 0 aliphatic rings. The largest absolute Gasteiger partial charge is 0.506 e. The standard InChI is InChI=1S/C10H7ClN2O3/c11-7-5-6(1-2-8(7)14)10(15)12-9-3-4-16-13-9/h1-5,14H,(H,12,13,15). The summed E-state index contributed by atoms with van der Waals surface area (Å²) in [5.74, 6) is -0.135. The van der Waals surface area contributed by atoms with Gasteiger partial charge in [-0.15, -0.1) is 0 Å². The van der Waals surface area contributed by atoms with E-state index in [4.69, 9.17) is 11.6 Å². The Balaban J connectivity index is 2.18. The average molecular weight is 239 g/mol.